The quantitative estimate of drug-likeness (QED) is 0.454. The Morgan fingerprint density at radius 3 is 2.59 bits per heavy atom. The Morgan fingerprint density at radius 2 is 2.07 bits per heavy atom. The van der Waals surface area contributed by atoms with Crippen molar-refractivity contribution in [3.63, 3.8) is 0 Å². The van der Waals surface area contributed by atoms with Crippen LogP contribution in [0.4, 0.5) is 0 Å². The minimum atomic E-state index is -1.15. The molecule has 27 heavy (non-hydrogen) atoms. The second-order valence-electron chi connectivity index (χ2n) is 6.89. The molecular weight excluding hydrogens is 344 g/mol. The van der Waals surface area contributed by atoms with E-state index in [-0.39, 0.29) is 0 Å². The number of esters is 1. The highest BCUT2D eigenvalue weighted by Gasteiger charge is 2.54. The highest BCUT2D eigenvalue weighted by atomic mass is 16.5. The molecule has 1 N–H and O–H groups in total. The van der Waals surface area contributed by atoms with Gasteiger partial charge in [0.1, 0.15) is 17.6 Å². The van der Waals surface area contributed by atoms with Gasteiger partial charge in [-0.15, -0.1) is 0 Å². The number of hydrogen-bond donors (Lipinski definition) is 1. The number of nitrogens with zero attached hydrogens (tertiary/aromatic N) is 2. The minimum absolute atomic E-state index is 0.324. The monoisotopic (exact) mass is 370 g/mol. The van der Waals surface area contributed by atoms with E-state index in [0.717, 1.165) is 11.3 Å². The van der Waals surface area contributed by atoms with E-state index >= 15 is 0 Å². The van der Waals surface area contributed by atoms with Gasteiger partial charge in [-0.3, -0.25) is 9.79 Å². The van der Waals surface area contributed by atoms with Gasteiger partial charge in [-0.25, -0.2) is 6.57 Å². The number of benzene rings is 1. The molecule has 1 aliphatic carbocycles. The Morgan fingerprint density at radius 1 is 1.41 bits per heavy atom. The molecule has 1 aromatic carbocycles. The first-order valence-corrected chi connectivity index (χ1v) is 8.89. The number of methoxy groups -OCH3 is 1. The van der Waals surface area contributed by atoms with Crippen LogP contribution in [0.25, 0.3) is 4.85 Å². The third kappa shape index (κ3) is 4.55. The fourth-order valence-corrected chi connectivity index (χ4v) is 3.80. The van der Waals surface area contributed by atoms with Crippen LogP contribution in [-0.2, 0) is 16.0 Å². The summed E-state index contributed by atoms with van der Waals surface area (Å²) < 4.78 is 10.7. The number of aliphatic hydroxyl groups excluding tert-OH is 1. The first-order valence-electron chi connectivity index (χ1n) is 8.89. The van der Waals surface area contributed by atoms with Crippen molar-refractivity contribution in [3.05, 3.63) is 53.5 Å². The van der Waals surface area contributed by atoms with Crippen molar-refractivity contribution in [2.24, 2.45) is 10.9 Å². The molecule has 2 rings (SSSR count). The predicted molar refractivity (Wildman–Crippen MR) is 104 cm³/mol. The molecule has 0 aliphatic heterocycles. The van der Waals surface area contributed by atoms with Crippen molar-refractivity contribution in [2.75, 3.05) is 7.11 Å². The van der Waals surface area contributed by atoms with Crippen molar-refractivity contribution in [1.82, 2.24) is 0 Å². The minimum Gasteiger partial charge on any atom is -0.497 e. The standard InChI is InChI=1S/C21H26N2O4/c1-14(22-3)21(23-4,13-16-6-9-18(26-5)10-7-16)19-12-17(25)8-11-20(19)27-15(2)24/h6-7,9-10,17,19-20,25H,1,3,8,11-13H2,2,5H3. The van der Waals surface area contributed by atoms with Crippen molar-refractivity contribution >= 4 is 12.7 Å². The molecule has 6 nitrogen and oxygen atoms in total. The van der Waals surface area contributed by atoms with E-state index < -0.39 is 29.6 Å². The number of aliphatic hydroxyl groups is 1. The molecule has 0 radical (unpaired) electrons. The van der Waals surface area contributed by atoms with E-state index in [4.69, 9.17) is 16.0 Å². The average molecular weight is 370 g/mol. The second-order valence-corrected chi connectivity index (χ2v) is 6.89. The lowest BCUT2D eigenvalue weighted by atomic mass is 9.68. The molecule has 4 unspecified atom stereocenters. The largest absolute Gasteiger partial charge is 0.497 e. The highest BCUT2D eigenvalue weighted by Crippen LogP contribution is 2.43. The van der Waals surface area contributed by atoms with Gasteiger partial charge in [0.25, 0.3) is 5.54 Å². The lowest BCUT2D eigenvalue weighted by Gasteiger charge is -2.39. The van der Waals surface area contributed by atoms with Crippen LogP contribution in [-0.4, -0.2) is 42.7 Å². The van der Waals surface area contributed by atoms with Crippen LogP contribution in [0.1, 0.15) is 31.7 Å². The van der Waals surface area contributed by atoms with Gasteiger partial charge in [0, 0.05) is 6.92 Å². The van der Waals surface area contributed by atoms with Crippen LogP contribution in [0.15, 0.2) is 41.5 Å². The van der Waals surface area contributed by atoms with E-state index in [0.29, 0.717) is 31.4 Å². The zero-order valence-electron chi connectivity index (χ0n) is 15.9. The summed E-state index contributed by atoms with van der Waals surface area (Å²) >= 11 is 0. The summed E-state index contributed by atoms with van der Waals surface area (Å²) in [5, 5.41) is 10.2. The molecule has 1 aliphatic rings. The van der Waals surface area contributed by atoms with Gasteiger partial charge in [-0.2, -0.15) is 0 Å². The Hall–Kier alpha value is -2.65. The van der Waals surface area contributed by atoms with Crippen LogP contribution < -0.4 is 4.74 Å². The van der Waals surface area contributed by atoms with E-state index in [1.807, 2.05) is 24.3 Å². The summed E-state index contributed by atoms with van der Waals surface area (Å²) in [4.78, 5) is 19.5. The maximum absolute atomic E-state index is 11.6. The molecular formula is C21H26N2O4. The topological polar surface area (TPSA) is 72.5 Å². The van der Waals surface area contributed by atoms with Gasteiger partial charge in [0.15, 0.2) is 0 Å². The molecule has 0 heterocycles. The third-order valence-corrected chi connectivity index (χ3v) is 5.21. The Labute approximate surface area is 160 Å². The van der Waals surface area contributed by atoms with Crippen molar-refractivity contribution in [2.45, 2.75) is 50.4 Å². The summed E-state index contributed by atoms with van der Waals surface area (Å²) in [6.07, 6.45) is 0.654. The van der Waals surface area contributed by atoms with E-state index in [2.05, 4.69) is 23.1 Å². The van der Waals surface area contributed by atoms with Gasteiger partial charge < -0.3 is 19.4 Å². The van der Waals surface area contributed by atoms with Gasteiger partial charge in [-0.1, -0.05) is 18.7 Å². The maximum atomic E-state index is 11.6. The predicted octanol–water partition coefficient (Wildman–Crippen LogP) is 3.20. The zero-order chi connectivity index (χ0) is 20.0. The Balaban J connectivity index is 2.46. The number of carbonyl (C=O) groups is 1. The number of hydrogen-bond acceptors (Lipinski definition) is 5. The molecule has 0 spiro atoms. The number of ether oxygens (including phenoxy) is 2. The number of carbonyl (C=O) groups excluding carboxylic acids is 1. The van der Waals surface area contributed by atoms with Crippen molar-refractivity contribution in [1.29, 1.82) is 0 Å². The Bertz CT molecular complexity index is 738. The molecule has 0 aromatic heterocycles. The molecule has 144 valence electrons. The summed E-state index contributed by atoms with van der Waals surface area (Å²) in [6, 6.07) is 7.42. The first-order chi connectivity index (χ1) is 12.9. The van der Waals surface area contributed by atoms with Crippen LogP contribution in [0.5, 0.6) is 5.75 Å². The number of rotatable bonds is 7. The fraction of sp³-hybridized carbons (Fsp3) is 0.476. The SMILES string of the molecule is [C-]#[N+]C(Cc1ccc(OC)cc1)(C(=C)N=C)C1CC(O)CCC1OC(C)=O. The lowest BCUT2D eigenvalue weighted by molar-refractivity contribution is -0.154. The normalized spacial score (nSPS) is 24.1. The Kier molecular flexibility index (Phi) is 6.75. The van der Waals surface area contributed by atoms with E-state index in [1.165, 1.54) is 6.92 Å². The summed E-state index contributed by atoms with van der Waals surface area (Å²) in [7, 11) is 1.59. The van der Waals surface area contributed by atoms with Crippen LogP contribution in [0.3, 0.4) is 0 Å². The molecule has 1 saturated carbocycles. The van der Waals surface area contributed by atoms with Gasteiger partial charge in [-0.05, 0) is 43.7 Å². The zero-order valence-corrected chi connectivity index (χ0v) is 15.9. The first kappa shape index (κ1) is 20.7. The molecule has 6 heteroatoms. The van der Waals surface area contributed by atoms with Gasteiger partial charge >= 0.3 is 5.97 Å². The highest BCUT2D eigenvalue weighted by molar-refractivity contribution is 5.66. The van der Waals surface area contributed by atoms with Crippen molar-refractivity contribution in [3.8, 4) is 5.75 Å². The third-order valence-electron chi connectivity index (χ3n) is 5.21. The maximum Gasteiger partial charge on any atom is 0.302 e. The molecule has 0 bridgehead atoms. The van der Waals surface area contributed by atoms with Gasteiger partial charge in [0.05, 0.1) is 25.6 Å². The smallest absolute Gasteiger partial charge is 0.302 e. The summed E-state index contributed by atoms with van der Waals surface area (Å²) in [5.74, 6) is -0.108. The van der Waals surface area contributed by atoms with Crippen LogP contribution in [0, 0.1) is 12.5 Å². The second kappa shape index (κ2) is 8.83. The summed E-state index contributed by atoms with van der Waals surface area (Å²) in [6.45, 7) is 16.9. The van der Waals surface area contributed by atoms with Crippen LogP contribution in [0.2, 0.25) is 0 Å². The molecule has 1 fully saturated rings. The van der Waals surface area contributed by atoms with E-state index in [1.54, 1.807) is 7.11 Å². The van der Waals surface area contributed by atoms with Crippen molar-refractivity contribution < 1.29 is 19.4 Å². The van der Waals surface area contributed by atoms with E-state index in [9.17, 15) is 9.90 Å². The molecule has 0 saturated heterocycles. The van der Waals surface area contributed by atoms with Crippen LogP contribution >= 0.6 is 0 Å². The number of aliphatic imine (C=N–C) groups is 1. The van der Waals surface area contributed by atoms with Gasteiger partial charge in [0.2, 0.25) is 0 Å². The molecule has 4 atom stereocenters. The lowest BCUT2D eigenvalue weighted by Crippen LogP contribution is -2.50. The fourth-order valence-electron chi connectivity index (χ4n) is 3.80. The molecule has 1 aromatic rings. The average Bonchev–Trinajstić information content (AvgIpc) is 2.67. The molecule has 0 amide bonds. The summed E-state index contributed by atoms with van der Waals surface area (Å²) in [5.41, 5.74) is 0.0699.